The highest BCUT2D eigenvalue weighted by molar-refractivity contribution is 7.99. The standard InChI is InChI=1S/C21H23FN4OS.C5H8N2/c22-21(14-3-4-14)11-26(12-21)16-9-18(23)25-19(10-16)28-17-7-5-15(6-8-17)24-20(27)13-1-2-13;1-4-6-7-5(2)3/h5-10,13-14H,1-4,11-12H2,(H2,23,25)(H,24,27);1,6H,2-3H3. The second-order valence-corrected chi connectivity index (χ2v) is 10.6. The van der Waals surface area contributed by atoms with Crippen molar-refractivity contribution in [1.82, 2.24) is 10.4 Å². The van der Waals surface area contributed by atoms with Crippen molar-refractivity contribution in [3.8, 4) is 12.5 Å². The molecule has 1 saturated heterocycles. The first-order chi connectivity index (χ1) is 16.8. The minimum absolute atomic E-state index is 0.104. The zero-order valence-electron chi connectivity index (χ0n) is 20.1. The molecule has 184 valence electrons. The molecule has 0 atom stereocenters. The molecule has 2 aliphatic carbocycles. The van der Waals surface area contributed by atoms with Gasteiger partial charge in [0, 0.05) is 40.0 Å². The van der Waals surface area contributed by atoms with Gasteiger partial charge in [-0.1, -0.05) is 18.2 Å². The molecule has 2 heterocycles. The van der Waals surface area contributed by atoms with E-state index < -0.39 is 5.67 Å². The van der Waals surface area contributed by atoms with Crippen LogP contribution in [0.25, 0.3) is 0 Å². The second kappa shape index (κ2) is 10.6. The Labute approximate surface area is 210 Å². The van der Waals surface area contributed by atoms with Crippen molar-refractivity contribution >= 4 is 40.6 Å². The lowest BCUT2D eigenvalue weighted by atomic mass is 9.90. The lowest BCUT2D eigenvalue weighted by Gasteiger charge is -2.46. The number of rotatable bonds is 7. The van der Waals surface area contributed by atoms with E-state index in [1.807, 2.05) is 55.1 Å². The number of hydrogen-bond acceptors (Lipinski definition) is 7. The van der Waals surface area contributed by atoms with E-state index in [0.717, 1.165) is 52.7 Å². The highest BCUT2D eigenvalue weighted by Crippen LogP contribution is 2.48. The Morgan fingerprint density at radius 1 is 1.23 bits per heavy atom. The number of aromatic nitrogens is 1. The molecule has 0 unspecified atom stereocenters. The van der Waals surface area contributed by atoms with Crippen LogP contribution in [0.4, 0.5) is 21.6 Å². The molecule has 5 rings (SSSR count). The van der Waals surface area contributed by atoms with Crippen LogP contribution in [0.1, 0.15) is 39.5 Å². The largest absolute Gasteiger partial charge is 0.384 e. The summed E-state index contributed by atoms with van der Waals surface area (Å²) < 4.78 is 14.6. The number of alkyl halides is 1. The lowest BCUT2D eigenvalue weighted by molar-refractivity contribution is -0.117. The molecule has 4 N–H and O–H groups in total. The van der Waals surface area contributed by atoms with Gasteiger partial charge in [0.25, 0.3) is 0 Å². The molecule has 1 aromatic carbocycles. The lowest BCUT2D eigenvalue weighted by Crippen LogP contribution is -2.60. The smallest absolute Gasteiger partial charge is 0.227 e. The van der Waals surface area contributed by atoms with E-state index in [2.05, 4.69) is 26.9 Å². The summed E-state index contributed by atoms with van der Waals surface area (Å²) in [5.74, 6) is 0.979. The Bertz CT molecular complexity index is 1130. The number of benzene rings is 1. The first-order valence-corrected chi connectivity index (χ1v) is 12.6. The number of nitrogen functional groups attached to an aromatic ring is 1. The van der Waals surface area contributed by atoms with Crippen molar-refractivity contribution in [2.24, 2.45) is 16.9 Å². The van der Waals surface area contributed by atoms with Crippen molar-refractivity contribution in [1.29, 1.82) is 0 Å². The number of pyridine rings is 1. The number of anilines is 3. The molecule has 35 heavy (non-hydrogen) atoms. The second-order valence-electron chi connectivity index (χ2n) is 9.46. The van der Waals surface area contributed by atoms with E-state index in [4.69, 9.17) is 12.2 Å². The number of hydrazone groups is 1. The molecule has 0 bridgehead atoms. The first-order valence-electron chi connectivity index (χ1n) is 11.8. The van der Waals surface area contributed by atoms with Crippen LogP contribution >= 0.6 is 11.8 Å². The maximum atomic E-state index is 14.6. The third-order valence-electron chi connectivity index (χ3n) is 6.02. The van der Waals surface area contributed by atoms with Crippen LogP contribution < -0.4 is 21.4 Å². The number of amides is 1. The fourth-order valence-corrected chi connectivity index (χ4v) is 4.68. The summed E-state index contributed by atoms with van der Waals surface area (Å²) >= 11 is 1.51. The van der Waals surface area contributed by atoms with E-state index in [9.17, 15) is 9.18 Å². The number of terminal acetylenes is 1. The molecule has 1 aliphatic heterocycles. The quantitative estimate of drug-likeness (QED) is 0.224. The van der Waals surface area contributed by atoms with Crippen LogP contribution in [-0.2, 0) is 4.79 Å². The summed E-state index contributed by atoms with van der Waals surface area (Å²) in [6.07, 6.45) is 8.82. The molecule has 1 aromatic heterocycles. The number of carbonyl (C=O) groups is 1. The molecule has 3 fully saturated rings. The number of nitrogens with zero attached hydrogens (tertiary/aromatic N) is 3. The van der Waals surface area contributed by atoms with E-state index in [1.165, 1.54) is 11.8 Å². The Kier molecular flexibility index (Phi) is 7.51. The number of nitrogens with one attached hydrogen (secondary N) is 2. The Hall–Kier alpha value is -3.25. The maximum Gasteiger partial charge on any atom is 0.227 e. The minimum Gasteiger partial charge on any atom is -0.384 e. The summed E-state index contributed by atoms with van der Waals surface area (Å²) in [6, 6.07) is 13.7. The fraction of sp³-hybridized carbons (Fsp3) is 0.423. The summed E-state index contributed by atoms with van der Waals surface area (Å²) in [5.41, 5.74) is 10.00. The Morgan fingerprint density at radius 3 is 2.46 bits per heavy atom. The number of halogens is 1. The van der Waals surface area contributed by atoms with Gasteiger partial charge in [0.2, 0.25) is 5.91 Å². The van der Waals surface area contributed by atoms with Crippen LogP contribution in [0.2, 0.25) is 0 Å². The number of hydrogen-bond donors (Lipinski definition) is 3. The van der Waals surface area contributed by atoms with Crippen molar-refractivity contribution in [3.63, 3.8) is 0 Å². The van der Waals surface area contributed by atoms with Gasteiger partial charge in [-0.3, -0.25) is 4.79 Å². The van der Waals surface area contributed by atoms with Gasteiger partial charge in [0.1, 0.15) is 16.5 Å². The summed E-state index contributed by atoms with van der Waals surface area (Å²) in [5, 5.41) is 7.40. The highest BCUT2D eigenvalue weighted by Gasteiger charge is 2.54. The molecule has 1 amide bonds. The number of nitrogens with two attached hydrogens (primary N) is 1. The molecular weight excluding hydrogens is 463 g/mol. The minimum atomic E-state index is -1.02. The Balaban J connectivity index is 0.000000364. The topological polar surface area (TPSA) is 95.6 Å². The van der Waals surface area contributed by atoms with Gasteiger partial charge in [-0.25, -0.2) is 14.8 Å². The van der Waals surface area contributed by atoms with Gasteiger partial charge in [-0.05, 0) is 75.8 Å². The zero-order valence-corrected chi connectivity index (χ0v) is 20.9. The predicted octanol–water partition coefficient (Wildman–Crippen LogP) is 4.66. The van der Waals surface area contributed by atoms with E-state index >= 15 is 0 Å². The maximum absolute atomic E-state index is 14.6. The normalized spacial score (nSPS) is 17.7. The van der Waals surface area contributed by atoms with E-state index in [-0.39, 0.29) is 17.7 Å². The molecule has 0 spiro atoms. The third kappa shape index (κ3) is 6.89. The average molecular weight is 495 g/mol. The van der Waals surface area contributed by atoms with E-state index in [0.29, 0.717) is 18.9 Å². The van der Waals surface area contributed by atoms with Crippen LogP contribution in [0.3, 0.4) is 0 Å². The predicted molar refractivity (Wildman–Crippen MR) is 140 cm³/mol. The van der Waals surface area contributed by atoms with Crippen LogP contribution in [-0.4, -0.2) is 35.4 Å². The fourth-order valence-electron chi connectivity index (χ4n) is 3.84. The monoisotopic (exact) mass is 494 g/mol. The van der Waals surface area contributed by atoms with Crippen molar-refractivity contribution in [2.45, 2.75) is 55.1 Å². The molecule has 2 saturated carbocycles. The van der Waals surface area contributed by atoms with Crippen molar-refractivity contribution in [3.05, 3.63) is 36.4 Å². The van der Waals surface area contributed by atoms with Crippen molar-refractivity contribution < 1.29 is 9.18 Å². The van der Waals surface area contributed by atoms with Crippen molar-refractivity contribution in [2.75, 3.05) is 29.0 Å². The molecule has 2 aromatic rings. The summed E-state index contributed by atoms with van der Waals surface area (Å²) in [6.45, 7) is 4.62. The average Bonchev–Trinajstić information content (AvgIpc) is 3.69. The van der Waals surface area contributed by atoms with E-state index in [1.54, 1.807) is 0 Å². The molecule has 7 nitrogen and oxygen atoms in total. The molecule has 0 radical (unpaired) electrons. The summed E-state index contributed by atoms with van der Waals surface area (Å²) in [7, 11) is 0. The molecular formula is C26H31FN6OS. The third-order valence-corrected chi connectivity index (χ3v) is 6.95. The highest BCUT2D eigenvalue weighted by atomic mass is 32.2. The van der Waals surface area contributed by atoms with Gasteiger partial charge >= 0.3 is 0 Å². The van der Waals surface area contributed by atoms with Gasteiger partial charge in [0.05, 0.1) is 13.1 Å². The number of carbonyl (C=O) groups excluding carboxylic acids is 1. The summed E-state index contributed by atoms with van der Waals surface area (Å²) in [4.78, 5) is 19.3. The van der Waals surface area contributed by atoms with Crippen LogP contribution in [0.5, 0.6) is 0 Å². The zero-order chi connectivity index (χ0) is 25.0. The van der Waals surface area contributed by atoms with Crippen LogP contribution in [0.15, 0.2) is 51.4 Å². The van der Waals surface area contributed by atoms with Gasteiger partial charge in [-0.15, -0.1) is 0 Å². The molecule has 9 heteroatoms. The van der Waals surface area contributed by atoms with Gasteiger partial charge in [0.15, 0.2) is 0 Å². The SMILES string of the molecule is C#CNN=C(C)C.Nc1cc(N2CC(F)(C3CC3)C2)cc(Sc2ccc(NC(=O)C3CC3)cc2)n1. The van der Waals surface area contributed by atoms with Gasteiger partial charge in [-0.2, -0.15) is 5.10 Å². The van der Waals surface area contributed by atoms with Crippen LogP contribution in [0, 0.1) is 24.3 Å². The van der Waals surface area contributed by atoms with Gasteiger partial charge < -0.3 is 16.0 Å². The molecule has 3 aliphatic rings. The first kappa shape index (κ1) is 24.9. The Morgan fingerprint density at radius 2 is 1.91 bits per heavy atom.